The van der Waals surface area contributed by atoms with E-state index in [0.717, 1.165) is 12.1 Å². The summed E-state index contributed by atoms with van der Waals surface area (Å²) in [6.07, 6.45) is 4.40. The Morgan fingerprint density at radius 2 is 2.06 bits per heavy atom. The van der Waals surface area contributed by atoms with Crippen molar-refractivity contribution in [3.8, 4) is 0 Å². The van der Waals surface area contributed by atoms with Gasteiger partial charge in [-0.2, -0.15) is 0 Å². The van der Waals surface area contributed by atoms with Crippen molar-refractivity contribution in [3.63, 3.8) is 0 Å². The first-order valence-electron chi connectivity index (χ1n) is 6.04. The maximum atomic E-state index is 10.4. The number of nitrogens with two attached hydrogens (primary N) is 1. The van der Waals surface area contributed by atoms with Gasteiger partial charge in [0.1, 0.15) is 6.61 Å². The van der Waals surface area contributed by atoms with Gasteiger partial charge in [-0.3, -0.25) is 0 Å². The molecule has 2 heterocycles. The number of piperidine rings is 1. The van der Waals surface area contributed by atoms with Crippen LogP contribution in [0.2, 0.25) is 0 Å². The second-order valence-electron chi connectivity index (χ2n) is 4.84. The van der Waals surface area contributed by atoms with Crippen molar-refractivity contribution in [2.24, 2.45) is 5.73 Å². The Morgan fingerprint density at radius 3 is 2.62 bits per heavy atom. The Hall–Kier alpha value is -0.810. The van der Waals surface area contributed by atoms with E-state index < -0.39 is 6.09 Å². The minimum absolute atomic E-state index is 0.372. The van der Waals surface area contributed by atoms with Crippen LogP contribution in [-0.4, -0.2) is 49.3 Å². The quantitative estimate of drug-likeness (QED) is 0.678. The van der Waals surface area contributed by atoms with Gasteiger partial charge in [0.2, 0.25) is 0 Å². The lowest BCUT2D eigenvalue weighted by atomic mass is 9.98. The van der Waals surface area contributed by atoms with E-state index >= 15 is 0 Å². The van der Waals surface area contributed by atoms with E-state index in [1.54, 1.807) is 0 Å². The van der Waals surface area contributed by atoms with Crippen molar-refractivity contribution in [1.82, 2.24) is 10.2 Å². The number of ether oxygens (including phenoxy) is 1. The summed E-state index contributed by atoms with van der Waals surface area (Å²) >= 11 is 0. The number of hydrogen-bond donors (Lipinski definition) is 2. The maximum absolute atomic E-state index is 10.4. The maximum Gasteiger partial charge on any atom is 0.404 e. The van der Waals surface area contributed by atoms with Gasteiger partial charge in [0.15, 0.2) is 0 Å². The SMILES string of the molecule is CN1C2CCC1CC(NCCOC(N)=O)C2. The minimum atomic E-state index is -0.690. The van der Waals surface area contributed by atoms with Gasteiger partial charge in [-0.15, -0.1) is 0 Å². The predicted molar refractivity (Wildman–Crippen MR) is 61.1 cm³/mol. The first-order chi connectivity index (χ1) is 7.66. The summed E-state index contributed by atoms with van der Waals surface area (Å²) in [6.45, 7) is 1.08. The fourth-order valence-corrected chi connectivity index (χ4v) is 2.99. The summed E-state index contributed by atoms with van der Waals surface area (Å²) < 4.78 is 4.69. The van der Waals surface area contributed by atoms with Crippen molar-refractivity contribution in [1.29, 1.82) is 0 Å². The molecule has 0 aromatic carbocycles. The highest BCUT2D eigenvalue weighted by Crippen LogP contribution is 2.33. The molecule has 92 valence electrons. The summed E-state index contributed by atoms with van der Waals surface area (Å²) in [5, 5.41) is 3.44. The van der Waals surface area contributed by atoms with Crippen molar-refractivity contribution in [2.75, 3.05) is 20.2 Å². The van der Waals surface area contributed by atoms with Gasteiger partial charge in [-0.25, -0.2) is 4.79 Å². The van der Waals surface area contributed by atoms with Crippen LogP contribution in [-0.2, 0) is 4.74 Å². The van der Waals surface area contributed by atoms with E-state index in [0.29, 0.717) is 19.2 Å². The zero-order valence-electron chi connectivity index (χ0n) is 9.82. The molecule has 0 aromatic rings. The molecule has 2 fully saturated rings. The standard InChI is InChI=1S/C11H21N3O2/c1-14-9-2-3-10(14)7-8(6-9)13-4-5-16-11(12)15/h8-10,13H,2-7H2,1H3,(H2,12,15). The molecule has 0 saturated carbocycles. The van der Waals surface area contributed by atoms with Crippen LogP contribution in [0.1, 0.15) is 25.7 Å². The van der Waals surface area contributed by atoms with E-state index in [-0.39, 0.29) is 0 Å². The second-order valence-corrected chi connectivity index (χ2v) is 4.84. The molecule has 0 aliphatic carbocycles. The highest BCUT2D eigenvalue weighted by Gasteiger charge is 2.37. The summed E-state index contributed by atoms with van der Waals surface area (Å²) in [4.78, 5) is 12.9. The van der Waals surface area contributed by atoms with E-state index in [2.05, 4.69) is 22.0 Å². The molecule has 0 spiro atoms. The molecule has 2 rings (SSSR count). The van der Waals surface area contributed by atoms with Crippen molar-refractivity contribution in [2.45, 2.75) is 43.8 Å². The fraction of sp³-hybridized carbons (Fsp3) is 0.909. The number of fused-ring (bicyclic) bond motifs is 2. The van der Waals surface area contributed by atoms with Crippen LogP contribution in [0.3, 0.4) is 0 Å². The van der Waals surface area contributed by atoms with Gasteiger partial charge in [-0.05, 0) is 32.7 Å². The summed E-state index contributed by atoms with van der Waals surface area (Å²) in [5.74, 6) is 0. The van der Waals surface area contributed by atoms with Gasteiger partial charge < -0.3 is 20.7 Å². The topological polar surface area (TPSA) is 67.6 Å². The third-order valence-electron chi connectivity index (χ3n) is 3.88. The zero-order valence-corrected chi connectivity index (χ0v) is 9.82. The van der Waals surface area contributed by atoms with Crippen LogP contribution in [0.25, 0.3) is 0 Å². The molecule has 2 aliphatic rings. The number of primary amides is 1. The van der Waals surface area contributed by atoms with Crippen LogP contribution in [0.15, 0.2) is 0 Å². The Labute approximate surface area is 96.3 Å². The summed E-state index contributed by atoms with van der Waals surface area (Å²) in [7, 11) is 2.23. The smallest absolute Gasteiger partial charge is 0.404 e. The van der Waals surface area contributed by atoms with Crippen LogP contribution in [0, 0.1) is 0 Å². The Balaban J connectivity index is 1.66. The molecule has 0 aromatic heterocycles. The predicted octanol–water partition coefficient (Wildman–Crippen LogP) is 0.297. The number of amides is 1. The van der Waals surface area contributed by atoms with Crippen LogP contribution in [0.5, 0.6) is 0 Å². The fourth-order valence-electron chi connectivity index (χ4n) is 2.99. The monoisotopic (exact) mass is 227 g/mol. The average molecular weight is 227 g/mol. The Morgan fingerprint density at radius 1 is 1.44 bits per heavy atom. The third kappa shape index (κ3) is 2.65. The number of hydrogen-bond acceptors (Lipinski definition) is 4. The molecule has 2 aliphatic heterocycles. The van der Waals surface area contributed by atoms with Gasteiger partial charge >= 0.3 is 6.09 Å². The highest BCUT2D eigenvalue weighted by molar-refractivity contribution is 5.64. The molecule has 5 heteroatoms. The van der Waals surface area contributed by atoms with E-state index in [1.165, 1.54) is 25.7 Å². The second kappa shape index (κ2) is 5.01. The lowest BCUT2D eigenvalue weighted by molar-refractivity contribution is 0.135. The first kappa shape index (κ1) is 11.7. The van der Waals surface area contributed by atoms with E-state index in [9.17, 15) is 4.79 Å². The van der Waals surface area contributed by atoms with Gasteiger partial charge in [0.25, 0.3) is 0 Å². The molecular weight excluding hydrogens is 206 g/mol. The number of carbonyl (C=O) groups excluding carboxylic acids is 1. The highest BCUT2D eigenvalue weighted by atomic mass is 16.5. The molecule has 1 amide bonds. The summed E-state index contributed by atoms with van der Waals surface area (Å²) in [5.41, 5.74) is 4.89. The largest absolute Gasteiger partial charge is 0.448 e. The molecule has 2 saturated heterocycles. The molecule has 16 heavy (non-hydrogen) atoms. The molecular formula is C11H21N3O2. The molecule has 2 unspecified atom stereocenters. The first-order valence-corrected chi connectivity index (χ1v) is 6.04. The van der Waals surface area contributed by atoms with Gasteiger partial charge in [0.05, 0.1) is 0 Å². The zero-order chi connectivity index (χ0) is 11.5. The average Bonchev–Trinajstić information content (AvgIpc) is 2.50. The third-order valence-corrected chi connectivity index (χ3v) is 3.88. The molecule has 3 N–H and O–H groups in total. The van der Waals surface area contributed by atoms with Crippen LogP contribution < -0.4 is 11.1 Å². The lowest BCUT2D eigenvalue weighted by Crippen LogP contribution is -2.47. The van der Waals surface area contributed by atoms with Gasteiger partial charge in [-0.1, -0.05) is 0 Å². The number of nitrogens with one attached hydrogen (secondary N) is 1. The van der Waals surface area contributed by atoms with E-state index in [1.807, 2.05) is 0 Å². The lowest BCUT2D eigenvalue weighted by Gasteiger charge is -2.36. The van der Waals surface area contributed by atoms with Crippen molar-refractivity contribution in [3.05, 3.63) is 0 Å². The number of carbonyl (C=O) groups is 1. The molecule has 0 radical (unpaired) electrons. The van der Waals surface area contributed by atoms with E-state index in [4.69, 9.17) is 5.73 Å². The van der Waals surface area contributed by atoms with Crippen molar-refractivity contribution >= 4 is 6.09 Å². The van der Waals surface area contributed by atoms with Crippen molar-refractivity contribution < 1.29 is 9.53 Å². The van der Waals surface area contributed by atoms with Crippen LogP contribution in [0.4, 0.5) is 4.79 Å². The molecule has 2 atom stereocenters. The Kier molecular flexibility index (Phi) is 3.66. The minimum Gasteiger partial charge on any atom is -0.448 e. The van der Waals surface area contributed by atoms with Crippen LogP contribution >= 0.6 is 0 Å². The Bertz CT molecular complexity index is 246. The molecule has 5 nitrogen and oxygen atoms in total. The summed E-state index contributed by atoms with van der Waals surface area (Å²) in [6, 6.07) is 2.06. The number of nitrogens with zero attached hydrogens (tertiary/aromatic N) is 1. The molecule has 2 bridgehead atoms. The van der Waals surface area contributed by atoms with Gasteiger partial charge in [0, 0.05) is 24.7 Å². The normalized spacial score (nSPS) is 33.9. The number of rotatable bonds is 4.